The van der Waals surface area contributed by atoms with E-state index in [-0.39, 0.29) is 11.6 Å². The number of hydrogen-bond acceptors (Lipinski definition) is 4. The Morgan fingerprint density at radius 2 is 1.72 bits per heavy atom. The van der Waals surface area contributed by atoms with Crippen LogP contribution >= 0.6 is 0 Å². The SMILES string of the molecule is O=C(Nc1ccccc1CN1CCCCC1)c1ccc([N+](=O)[O-])cc1. The Labute approximate surface area is 146 Å². The second kappa shape index (κ2) is 7.90. The molecular formula is C19H21N3O3. The van der Waals surface area contributed by atoms with E-state index in [1.165, 1.54) is 43.5 Å². The van der Waals surface area contributed by atoms with Crippen molar-refractivity contribution in [1.29, 1.82) is 0 Å². The van der Waals surface area contributed by atoms with Gasteiger partial charge in [0.1, 0.15) is 0 Å². The topological polar surface area (TPSA) is 75.5 Å². The van der Waals surface area contributed by atoms with Gasteiger partial charge in [0.05, 0.1) is 4.92 Å². The van der Waals surface area contributed by atoms with Crippen molar-refractivity contribution >= 4 is 17.3 Å². The second-order valence-electron chi connectivity index (χ2n) is 6.25. The van der Waals surface area contributed by atoms with Crippen molar-refractivity contribution in [2.75, 3.05) is 18.4 Å². The molecule has 6 heteroatoms. The average molecular weight is 339 g/mol. The third kappa shape index (κ3) is 4.42. The molecule has 1 amide bonds. The first-order valence-corrected chi connectivity index (χ1v) is 8.49. The van der Waals surface area contributed by atoms with Gasteiger partial charge in [0.2, 0.25) is 0 Å². The number of anilines is 1. The smallest absolute Gasteiger partial charge is 0.269 e. The van der Waals surface area contributed by atoms with Crippen LogP contribution in [0.15, 0.2) is 48.5 Å². The van der Waals surface area contributed by atoms with Crippen molar-refractivity contribution in [3.05, 3.63) is 69.8 Å². The molecule has 0 aliphatic carbocycles. The molecule has 130 valence electrons. The van der Waals surface area contributed by atoms with Gasteiger partial charge in [0.15, 0.2) is 0 Å². The molecule has 3 rings (SSSR count). The Morgan fingerprint density at radius 3 is 2.40 bits per heavy atom. The van der Waals surface area contributed by atoms with Gasteiger partial charge in [-0.05, 0) is 49.7 Å². The Bertz CT molecular complexity index is 753. The van der Waals surface area contributed by atoms with Gasteiger partial charge in [-0.2, -0.15) is 0 Å². The summed E-state index contributed by atoms with van der Waals surface area (Å²) in [6.45, 7) is 2.99. The van der Waals surface area contributed by atoms with Gasteiger partial charge >= 0.3 is 0 Å². The van der Waals surface area contributed by atoms with Crippen LogP contribution < -0.4 is 5.32 Å². The normalized spacial score (nSPS) is 14.9. The van der Waals surface area contributed by atoms with Crippen LogP contribution in [-0.4, -0.2) is 28.8 Å². The third-order valence-electron chi connectivity index (χ3n) is 4.45. The molecule has 0 unspecified atom stereocenters. The summed E-state index contributed by atoms with van der Waals surface area (Å²) in [5, 5.41) is 13.6. The van der Waals surface area contributed by atoms with Crippen LogP contribution in [0.25, 0.3) is 0 Å². The summed E-state index contributed by atoms with van der Waals surface area (Å²) in [6.07, 6.45) is 3.73. The van der Waals surface area contributed by atoms with Crippen molar-refractivity contribution in [3.8, 4) is 0 Å². The largest absolute Gasteiger partial charge is 0.322 e. The fourth-order valence-corrected chi connectivity index (χ4v) is 3.07. The fraction of sp³-hybridized carbons (Fsp3) is 0.316. The van der Waals surface area contributed by atoms with Gasteiger partial charge in [-0.3, -0.25) is 19.8 Å². The summed E-state index contributed by atoms with van der Waals surface area (Å²) in [5.74, 6) is -0.263. The number of para-hydroxylation sites is 1. The minimum Gasteiger partial charge on any atom is -0.322 e. The van der Waals surface area contributed by atoms with Gasteiger partial charge in [-0.25, -0.2) is 0 Å². The van der Waals surface area contributed by atoms with E-state index in [2.05, 4.69) is 10.2 Å². The quantitative estimate of drug-likeness (QED) is 0.663. The van der Waals surface area contributed by atoms with Crippen molar-refractivity contribution in [1.82, 2.24) is 4.90 Å². The Kier molecular flexibility index (Phi) is 5.40. The lowest BCUT2D eigenvalue weighted by Gasteiger charge is -2.27. The molecule has 0 bridgehead atoms. The highest BCUT2D eigenvalue weighted by Gasteiger charge is 2.15. The first kappa shape index (κ1) is 17.1. The minimum absolute atomic E-state index is 0.0259. The van der Waals surface area contributed by atoms with E-state index in [9.17, 15) is 14.9 Å². The Hall–Kier alpha value is -2.73. The summed E-state index contributed by atoms with van der Waals surface area (Å²) in [7, 11) is 0. The summed E-state index contributed by atoms with van der Waals surface area (Å²) in [5.41, 5.74) is 2.25. The number of non-ortho nitro benzene ring substituents is 1. The molecule has 1 heterocycles. The van der Waals surface area contributed by atoms with E-state index >= 15 is 0 Å². The molecular weight excluding hydrogens is 318 g/mol. The molecule has 1 aliphatic heterocycles. The molecule has 25 heavy (non-hydrogen) atoms. The van der Waals surface area contributed by atoms with Gasteiger partial charge in [0, 0.05) is 29.9 Å². The molecule has 2 aromatic carbocycles. The maximum absolute atomic E-state index is 12.4. The van der Waals surface area contributed by atoms with Crippen molar-refractivity contribution in [2.45, 2.75) is 25.8 Å². The van der Waals surface area contributed by atoms with Crippen LogP contribution in [0, 0.1) is 10.1 Å². The number of carbonyl (C=O) groups is 1. The first-order valence-electron chi connectivity index (χ1n) is 8.49. The lowest BCUT2D eigenvalue weighted by Crippen LogP contribution is -2.29. The van der Waals surface area contributed by atoms with Crippen molar-refractivity contribution in [2.24, 2.45) is 0 Å². The van der Waals surface area contributed by atoms with Crippen LogP contribution in [0.1, 0.15) is 35.2 Å². The molecule has 0 aromatic heterocycles. The van der Waals surface area contributed by atoms with Gasteiger partial charge < -0.3 is 5.32 Å². The lowest BCUT2D eigenvalue weighted by molar-refractivity contribution is -0.384. The van der Waals surface area contributed by atoms with Gasteiger partial charge in [0.25, 0.3) is 11.6 Å². The highest BCUT2D eigenvalue weighted by atomic mass is 16.6. The van der Waals surface area contributed by atoms with E-state index < -0.39 is 4.92 Å². The third-order valence-corrected chi connectivity index (χ3v) is 4.45. The van der Waals surface area contributed by atoms with Crippen LogP contribution in [0.2, 0.25) is 0 Å². The standard InChI is InChI=1S/C19H21N3O3/c23-19(15-8-10-17(11-9-15)22(24)25)20-18-7-3-2-6-16(18)14-21-12-4-1-5-13-21/h2-3,6-11H,1,4-5,12-14H2,(H,20,23). The van der Waals surface area contributed by atoms with E-state index in [0.29, 0.717) is 5.56 Å². The number of carbonyl (C=O) groups excluding carboxylic acids is 1. The monoisotopic (exact) mass is 339 g/mol. The second-order valence-corrected chi connectivity index (χ2v) is 6.25. The number of nitrogens with zero attached hydrogens (tertiary/aromatic N) is 2. The van der Waals surface area contributed by atoms with Crippen LogP contribution in [-0.2, 0) is 6.54 Å². The van der Waals surface area contributed by atoms with Gasteiger partial charge in [-0.1, -0.05) is 24.6 Å². The van der Waals surface area contributed by atoms with Gasteiger partial charge in [-0.15, -0.1) is 0 Å². The van der Waals surface area contributed by atoms with Crippen molar-refractivity contribution in [3.63, 3.8) is 0 Å². The number of benzene rings is 2. The maximum Gasteiger partial charge on any atom is 0.269 e. The number of rotatable bonds is 5. The lowest BCUT2D eigenvalue weighted by atomic mass is 10.1. The molecule has 6 nitrogen and oxygen atoms in total. The molecule has 1 fully saturated rings. The Morgan fingerprint density at radius 1 is 1.04 bits per heavy atom. The first-order chi connectivity index (χ1) is 12.1. The number of likely N-dealkylation sites (tertiary alicyclic amines) is 1. The highest BCUT2D eigenvalue weighted by molar-refractivity contribution is 6.04. The Balaban J connectivity index is 1.71. The molecule has 1 aliphatic rings. The zero-order valence-corrected chi connectivity index (χ0v) is 14.0. The number of nitro benzene ring substituents is 1. The molecule has 0 saturated carbocycles. The molecule has 0 atom stereocenters. The van der Waals surface area contributed by atoms with E-state index in [1.807, 2.05) is 24.3 Å². The summed E-state index contributed by atoms with van der Waals surface area (Å²) in [4.78, 5) is 25.1. The molecule has 1 N–H and O–H groups in total. The summed E-state index contributed by atoms with van der Waals surface area (Å²) < 4.78 is 0. The minimum atomic E-state index is -0.477. The number of amides is 1. The van der Waals surface area contributed by atoms with Crippen LogP contribution in [0.3, 0.4) is 0 Å². The fourth-order valence-electron chi connectivity index (χ4n) is 3.07. The number of nitrogens with one attached hydrogen (secondary N) is 1. The highest BCUT2D eigenvalue weighted by Crippen LogP contribution is 2.21. The number of nitro groups is 1. The zero-order chi connectivity index (χ0) is 17.6. The predicted octanol–water partition coefficient (Wildman–Crippen LogP) is 3.83. The molecule has 0 spiro atoms. The van der Waals surface area contributed by atoms with Crippen LogP contribution in [0.4, 0.5) is 11.4 Å². The summed E-state index contributed by atoms with van der Waals surface area (Å²) in [6, 6.07) is 13.4. The number of piperidine rings is 1. The summed E-state index contributed by atoms with van der Waals surface area (Å²) >= 11 is 0. The van der Waals surface area contributed by atoms with Crippen molar-refractivity contribution < 1.29 is 9.72 Å². The van der Waals surface area contributed by atoms with E-state index in [1.54, 1.807) is 0 Å². The van der Waals surface area contributed by atoms with E-state index in [0.717, 1.165) is 30.9 Å². The van der Waals surface area contributed by atoms with Crippen LogP contribution in [0.5, 0.6) is 0 Å². The maximum atomic E-state index is 12.4. The van der Waals surface area contributed by atoms with E-state index in [4.69, 9.17) is 0 Å². The molecule has 0 radical (unpaired) electrons. The molecule has 2 aromatic rings. The number of hydrogen-bond donors (Lipinski definition) is 1. The predicted molar refractivity (Wildman–Crippen MR) is 96.6 cm³/mol. The average Bonchev–Trinajstić information content (AvgIpc) is 2.64. The zero-order valence-electron chi connectivity index (χ0n) is 14.0. The molecule has 1 saturated heterocycles.